The maximum Gasteiger partial charge on any atom is 0.267 e. The molecule has 0 bridgehead atoms. The Labute approximate surface area is 239 Å². The molecule has 0 atom stereocenters. The number of benzene rings is 3. The summed E-state index contributed by atoms with van der Waals surface area (Å²) in [5.41, 5.74) is 5.47. The smallest absolute Gasteiger partial charge is 0.267 e. The van der Waals surface area contributed by atoms with Crippen molar-refractivity contribution in [1.29, 1.82) is 0 Å². The number of rotatable bonds is 6. The zero-order chi connectivity index (χ0) is 26.2. The Balaban J connectivity index is 1.39. The number of fused-ring (bicyclic) bond motifs is 3. The molecule has 0 unspecified atom stereocenters. The van der Waals surface area contributed by atoms with E-state index in [4.69, 9.17) is 28.2 Å². The van der Waals surface area contributed by atoms with Crippen LogP contribution in [0.25, 0.3) is 15.9 Å². The first-order valence-corrected chi connectivity index (χ1v) is 15.0. The van der Waals surface area contributed by atoms with E-state index < -0.39 is 0 Å². The van der Waals surface area contributed by atoms with Gasteiger partial charge in [0.2, 0.25) is 0 Å². The van der Waals surface area contributed by atoms with Crippen molar-refractivity contribution in [3.63, 3.8) is 0 Å². The van der Waals surface area contributed by atoms with E-state index in [-0.39, 0.29) is 5.56 Å². The second-order valence-electron chi connectivity index (χ2n) is 9.54. The molecule has 38 heavy (non-hydrogen) atoms. The van der Waals surface area contributed by atoms with Crippen molar-refractivity contribution in [2.24, 2.45) is 0 Å². The molecular formula is C30H25Cl2N3OS2. The molecule has 0 aliphatic carbocycles. The summed E-state index contributed by atoms with van der Waals surface area (Å²) in [7, 11) is 0. The molecule has 0 spiro atoms. The highest BCUT2D eigenvalue weighted by Gasteiger charge is 2.26. The molecule has 1 aliphatic heterocycles. The van der Waals surface area contributed by atoms with Crippen molar-refractivity contribution in [3.05, 3.63) is 120 Å². The van der Waals surface area contributed by atoms with Crippen LogP contribution in [0.15, 0.2) is 82.7 Å². The second kappa shape index (κ2) is 10.9. The molecule has 1 aliphatic rings. The fourth-order valence-electron chi connectivity index (χ4n) is 4.85. The van der Waals surface area contributed by atoms with Gasteiger partial charge in [-0.2, -0.15) is 0 Å². The minimum Gasteiger partial charge on any atom is -0.294 e. The topological polar surface area (TPSA) is 38.1 Å². The molecule has 0 radical (unpaired) electrons. The van der Waals surface area contributed by atoms with Crippen LogP contribution >= 0.6 is 46.3 Å². The summed E-state index contributed by atoms with van der Waals surface area (Å²) in [6, 6.07) is 24.2. The first-order valence-electron chi connectivity index (χ1n) is 12.4. The molecule has 3 heterocycles. The van der Waals surface area contributed by atoms with Gasteiger partial charge in [0.15, 0.2) is 5.16 Å². The van der Waals surface area contributed by atoms with Crippen LogP contribution in [-0.4, -0.2) is 21.0 Å². The van der Waals surface area contributed by atoms with Crippen molar-refractivity contribution in [2.45, 2.75) is 37.3 Å². The summed E-state index contributed by atoms with van der Waals surface area (Å²) in [6.45, 7) is 4.71. The highest BCUT2D eigenvalue weighted by Crippen LogP contribution is 2.35. The minimum atomic E-state index is 0.00417. The fourth-order valence-corrected chi connectivity index (χ4v) is 7.43. The third kappa shape index (κ3) is 5.16. The van der Waals surface area contributed by atoms with Gasteiger partial charge in [-0.05, 0) is 54.3 Å². The van der Waals surface area contributed by atoms with E-state index in [2.05, 4.69) is 29.2 Å². The summed E-state index contributed by atoms with van der Waals surface area (Å²) in [5.74, 6) is 0.622. The van der Waals surface area contributed by atoms with Crippen molar-refractivity contribution < 1.29 is 0 Å². The number of thioether (sulfide) groups is 1. The highest BCUT2D eigenvalue weighted by molar-refractivity contribution is 7.98. The van der Waals surface area contributed by atoms with E-state index in [0.717, 1.165) is 58.6 Å². The van der Waals surface area contributed by atoms with E-state index in [9.17, 15) is 4.79 Å². The number of thiophene rings is 1. The first-order chi connectivity index (χ1) is 18.5. The van der Waals surface area contributed by atoms with E-state index in [1.165, 1.54) is 22.2 Å². The number of aromatic nitrogens is 2. The summed E-state index contributed by atoms with van der Waals surface area (Å²) in [6.07, 6.45) is 0.850. The molecule has 0 fully saturated rings. The van der Waals surface area contributed by atoms with Crippen molar-refractivity contribution in [2.75, 3.05) is 6.54 Å². The SMILES string of the molecule is Cc1ccc(-n2c(SCc3ccc(Cl)c(Cl)c3)nc3sc4c(c3c2=O)CCN(Cc2ccccc2)C4)cc1. The molecule has 5 aromatic rings. The third-order valence-electron chi connectivity index (χ3n) is 6.82. The normalized spacial score (nSPS) is 13.7. The lowest BCUT2D eigenvalue weighted by Crippen LogP contribution is -2.30. The van der Waals surface area contributed by atoms with Crippen molar-refractivity contribution in [3.8, 4) is 5.69 Å². The van der Waals surface area contributed by atoms with Gasteiger partial charge in [-0.25, -0.2) is 4.98 Å². The van der Waals surface area contributed by atoms with Gasteiger partial charge in [0.25, 0.3) is 5.56 Å². The Hall–Kier alpha value is -2.61. The van der Waals surface area contributed by atoms with Gasteiger partial charge in [-0.15, -0.1) is 11.3 Å². The summed E-state index contributed by atoms with van der Waals surface area (Å²) >= 11 is 15.6. The van der Waals surface area contributed by atoms with Crippen LogP contribution in [0.1, 0.15) is 27.1 Å². The monoisotopic (exact) mass is 577 g/mol. The number of aryl methyl sites for hydroxylation is 1. The van der Waals surface area contributed by atoms with Gasteiger partial charge in [0, 0.05) is 30.3 Å². The van der Waals surface area contributed by atoms with Gasteiger partial charge in [0.05, 0.1) is 21.1 Å². The van der Waals surface area contributed by atoms with E-state index in [1.54, 1.807) is 22.0 Å². The zero-order valence-electron chi connectivity index (χ0n) is 20.8. The van der Waals surface area contributed by atoms with Gasteiger partial charge >= 0.3 is 0 Å². The zero-order valence-corrected chi connectivity index (χ0v) is 23.9. The second-order valence-corrected chi connectivity index (χ2v) is 12.4. The molecule has 0 saturated heterocycles. The molecule has 6 rings (SSSR count). The molecule has 2 aromatic heterocycles. The summed E-state index contributed by atoms with van der Waals surface area (Å²) in [4.78, 5) is 23.7. The minimum absolute atomic E-state index is 0.00417. The predicted molar refractivity (Wildman–Crippen MR) is 160 cm³/mol. The summed E-state index contributed by atoms with van der Waals surface area (Å²) < 4.78 is 1.77. The van der Waals surface area contributed by atoms with Crippen molar-refractivity contribution >= 4 is 56.5 Å². The standard InChI is InChI=1S/C30H25Cl2N3OS2/c1-19-7-10-22(11-8-19)35-29(36)27-23-13-14-34(16-20-5-3-2-4-6-20)17-26(23)38-28(27)33-30(35)37-18-21-9-12-24(31)25(32)15-21/h2-12,15H,13-14,16-18H2,1H3. The lowest BCUT2D eigenvalue weighted by Gasteiger charge is -2.26. The van der Waals surface area contributed by atoms with E-state index in [1.807, 2.05) is 49.4 Å². The van der Waals surface area contributed by atoms with E-state index >= 15 is 0 Å². The maximum absolute atomic E-state index is 14.1. The number of hydrogen-bond donors (Lipinski definition) is 0. The van der Waals surface area contributed by atoms with Gasteiger partial charge in [0.1, 0.15) is 4.83 Å². The molecule has 4 nitrogen and oxygen atoms in total. The van der Waals surface area contributed by atoms with Gasteiger partial charge in [-0.1, -0.05) is 89.1 Å². The van der Waals surface area contributed by atoms with Crippen LogP contribution in [0.2, 0.25) is 10.0 Å². The fraction of sp³-hybridized carbons (Fsp3) is 0.200. The van der Waals surface area contributed by atoms with Crippen LogP contribution in [-0.2, 0) is 25.3 Å². The molecule has 0 N–H and O–H groups in total. The molecular weight excluding hydrogens is 553 g/mol. The average Bonchev–Trinajstić information content (AvgIpc) is 3.28. The maximum atomic E-state index is 14.1. The van der Waals surface area contributed by atoms with Crippen LogP contribution in [0.5, 0.6) is 0 Å². The lowest BCUT2D eigenvalue weighted by atomic mass is 10.0. The molecule has 0 amide bonds. The molecule has 8 heteroatoms. The van der Waals surface area contributed by atoms with Crippen LogP contribution in [0.4, 0.5) is 0 Å². The Morgan fingerprint density at radius 1 is 0.974 bits per heavy atom. The predicted octanol–water partition coefficient (Wildman–Crippen LogP) is 7.91. The Morgan fingerprint density at radius 2 is 1.76 bits per heavy atom. The third-order valence-corrected chi connectivity index (χ3v) is 9.68. The lowest BCUT2D eigenvalue weighted by molar-refractivity contribution is 0.249. The number of halogens is 2. The van der Waals surface area contributed by atoms with Crippen LogP contribution in [0.3, 0.4) is 0 Å². The number of hydrogen-bond acceptors (Lipinski definition) is 5. The average molecular weight is 579 g/mol. The van der Waals surface area contributed by atoms with Gasteiger partial charge < -0.3 is 0 Å². The molecule has 192 valence electrons. The molecule has 3 aromatic carbocycles. The number of nitrogens with zero attached hydrogens (tertiary/aromatic N) is 3. The Morgan fingerprint density at radius 3 is 2.53 bits per heavy atom. The van der Waals surface area contributed by atoms with E-state index in [0.29, 0.717) is 21.0 Å². The van der Waals surface area contributed by atoms with Crippen LogP contribution in [0, 0.1) is 6.92 Å². The summed E-state index contributed by atoms with van der Waals surface area (Å²) in [5, 5.41) is 2.50. The Kier molecular flexibility index (Phi) is 7.34. The van der Waals surface area contributed by atoms with Crippen molar-refractivity contribution in [1.82, 2.24) is 14.5 Å². The largest absolute Gasteiger partial charge is 0.294 e. The quantitative estimate of drug-likeness (QED) is 0.152. The van der Waals surface area contributed by atoms with Gasteiger partial charge in [-0.3, -0.25) is 14.3 Å². The first kappa shape index (κ1) is 25.7. The van der Waals surface area contributed by atoms with Crippen LogP contribution < -0.4 is 5.56 Å². The molecule has 0 saturated carbocycles. The Bertz CT molecular complexity index is 1680. The highest BCUT2D eigenvalue weighted by atomic mass is 35.5.